The van der Waals surface area contributed by atoms with E-state index in [-0.39, 0.29) is 10.0 Å². The highest BCUT2D eigenvalue weighted by atomic mass is 32.1. The van der Waals surface area contributed by atoms with Crippen molar-refractivity contribution in [3.63, 3.8) is 0 Å². The summed E-state index contributed by atoms with van der Waals surface area (Å²) in [5.41, 5.74) is -7.39. The molecule has 0 bridgehead atoms. The average Bonchev–Trinajstić information content (AvgIpc) is 3.78. The number of pyridine rings is 1. The van der Waals surface area contributed by atoms with Crippen LogP contribution in [0.3, 0.4) is 0 Å². The quantitative estimate of drug-likeness (QED) is 0.0695. The highest BCUT2D eigenvalue weighted by Gasteiger charge is 2.57. The minimum atomic E-state index is -5.97. The molecule has 4 aromatic carbocycles. The minimum Gasteiger partial charge on any atom is -0.444 e. The van der Waals surface area contributed by atoms with Gasteiger partial charge >= 0.3 is 12.4 Å². The smallest absolute Gasteiger partial charge is 0.410 e. The van der Waals surface area contributed by atoms with Gasteiger partial charge in [0.05, 0.1) is 0 Å². The first-order valence-electron chi connectivity index (χ1n) is 18.7. The Kier molecular flexibility index (Phi) is 12.0. The van der Waals surface area contributed by atoms with Gasteiger partial charge in [0.25, 0.3) is 0 Å². The SMILES string of the molecule is CC(C)(C)OC(=O)N1CCN(c2ccc(-c3ccc(-c4cc[n+]([B-](c5c(F)c(F)c(F)c(F)c5F)(c5c(F)c(F)c(F)c(F)c5F)c5c(F)c(F)c(F)c(F)c5F)cc4)s3)cc2)CC1. The molecule has 22 heteroatoms. The first kappa shape index (κ1) is 45.8. The van der Waals surface area contributed by atoms with E-state index in [9.17, 15) is 18.0 Å². The summed E-state index contributed by atoms with van der Waals surface area (Å²) in [6.45, 7) is 7.06. The first-order chi connectivity index (χ1) is 30.0. The normalized spacial score (nSPS) is 13.5. The summed E-state index contributed by atoms with van der Waals surface area (Å²) < 4.78 is 235. The van der Waals surface area contributed by atoms with Crippen LogP contribution < -0.4 is 25.8 Å². The van der Waals surface area contributed by atoms with Gasteiger partial charge in [0.15, 0.2) is 52.4 Å². The number of carbonyl (C=O) groups is 1. The summed E-state index contributed by atoms with van der Waals surface area (Å²) in [7, 11) is 0. The van der Waals surface area contributed by atoms with E-state index >= 15 is 52.7 Å². The van der Waals surface area contributed by atoms with Crippen molar-refractivity contribution in [2.24, 2.45) is 0 Å². The zero-order valence-corrected chi connectivity index (χ0v) is 33.7. The largest absolute Gasteiger partial charge is 0.444 e. The summed E-state index contributed by atoms with van der Waals surface area (Å²) >= 11 is 1.06. The van der Waals surface area contributed by atoms with Gasteiger partial charge in [-0.15, -0.1) is 11.3 Å². The number of benzene rings is 4. The van der Waals surface area contributed by atoms with Crippen molar-refractivity contribution >= 4 is 45.8 Å². The fourth-order valence-corrected chi connectivity index (χ4v) is 8.68. The molecule has 1 saturated heterocycles. The van der Waals surface area contributed by atoms with E-state index in [0.717, 1.165) is 29.2 Å². The van der Waals surface area contributed by atoms with Crippen LogP contribution in [-0.2, 0) is 4.74 Å². The maximum absolute atomic E-state index is 16.0. The molecule has 64 heavy (non-hydrogen) atoms. The standard InChI is InChI=1S/C42H27BF15N3O2S/c1-42(2,3)63-41(62)60-16-14-59(15-17-60)20-6-4-18(5-7-20)21-8-9-22(64-21)19-10-12-61(13-11-19)43(23-26(44)32(50)38(56)33(51)27(23)45,24-28(46)34(52)39(57)35(53)29(24)47)25-30(48)36(54)40(58)37(55)31(25)49/h4-13H,14-17H2,1-3H3. The molecule has 1 fully saturated rings. The lowest BCUT2D eigenvalue weighted by molar-refractivity contribution is -0.539. The Morgan fingerprint density at radius 3 is 1.17 bits per heavy atom. The van der Waals surface area contributed by atoms with E-state index in [2.05, 4.69) is 0 Å². The summed E-state index contributed by atoms with van der Waals surface area (Å²) in [6.07, 6.45) is -5.63. The molecule has 2 aromatic heterocycles. The van der Waals surface area contributed by atoms with Crippen LogP contribution in [0.2, 0.25) is 0 Å². The van der Waals surface area contributed by atoms with Crippen LogP contribution in [0.15, 0.2) is 60.9 Å². The number of hydrogen-bond donors (Lipinski definition) is 0. The summed E-state index contributed by atoms with van der Waals surface area (Å²) in [5.74, 6) is -46.1. The second-order valence-corrected chi connectivity index (χ2v) is 16.6. The maximum atomic E-state index is 16.0. The third-order valence-corrected chi connectivity index (χ3v) is 11.8. The van der Waals surface area contributed by atoms with E-state index in [1.54, 1.807) is 43.9 Å². The lowest BCUT2D eigenvalue weighted by atomic mass is 9.23. The molecule has 1 aliphatic rings. The van der Waals surface area contributed by atoms with Gasteiger partial charge in [-0.05, 0) is 67.0 Å². The number of nitrogens with zero attached hydrogens (tertiary/aromatic N) is 3. The maximum Gasteiger partial charge on any atom is 0.410 e. The number of piperazine rings is 1. The molecular weight excluding hydrogens is 906 g/mol. The molecule has 6 aromatic rings. The monoisotopic (exact) mass is 933 g/mol. The molecule has 0 radical (unpaired) electrons. The molecule has 1 amide bonds. The van der Waals surface area contributed by atoms with Gasteiger partial charge in [0.1, 0.15) is 52.9 Å². The summed E-state index contributed by atoms with van der Waals surface area (Å²) in [6, 6.07) is 11.9. The minimum absolute atomic E-state index is 0.0314. The van der Waals surface area contributed by atoms with Gasteiger partial charge < -0.3 is 19.0 Å². The lowest BCUT2D eigenvalue weighted by Gasteiger charge is -2.38. The van der Waals surface area contributed by atoms with Gasteiger partial charge in [-0.2, -0.15) is 0 Å². The highest BCUT2D eigenvalue weighted by molar-refractivity contribution is 7.18. The Morgan fingerprint density at radius 1 is 0.500 bits per heavy atom. The first-order valence-corrected chi connectivity index (χ1v) is 19.5. The fraction of sp³-hybridized carbons (Fsp3) is 0.190. The van der Waals surface area contributed by atoms with Crippen molar-refractivity contribution in [2.75, 3.05) is 31.1 Å². The van der Waals surface area contributed by atoms with Crippen LogP contribution in [-0.4, -0.2) is 49.1 Å². The predicted molar refractivity (Wildman–Crippen MR) is 204 cm³/mol. The number of hydrogen-bond acceptors (Lipinski definition) is 4. The topological polar surface area (TPSA) is 36.7 Å². The number of halogens is 15. The summed E-state index contributed by atoms with van der Waals surface area (Å²) in [4.78, 5) is 17.0. The van der Waals surface area contributed by atoms with Gasteiger partial charge in [-0.1, -0.05) is 12.1 Å². The summed E-state index contributed by atoms with van der Waals surface area (Å²) in [5, 5.41) is 0. The van der Waals surface area contributed by atoms with Crippen LogP contribution >= 0.6 is 11.3 Å². The Bertz CT molecular complexity index is 2590. The van der Waals surface area contributed by atoms with Crippen molar-refractivity contribution in [3.05, 3.63) is 148 Å². The van der Waals surface area contributed by atoms with Gasteiger partial charge in [-0.25, -0.2) is 70.7 Å². The number of carbonyl (C=O) groups excluding carboxylic acids is 1. The van der Waals surface area contributed by atoms with E-state index in [4.69, 9.17) is 4.74 Å². The average molecular weight is 934 g/mol. The van der Waals surface area contributed by atoms with E-state index < -0.39 is 122 Å². The Balaban J connectivity index is 1.35. The number of ether oxygens (including phenoxy) is 1. The van der Waals surface area contributed by atoms with Gasteiger partial charge in [0.2, 0.25) is 0 Å². The van der Waals surface area contributed by atoms with Crippen LogP contribution in [0.1, 0.15) is 20.8 Å². The van der Waals surface area contributed by atoms with E-state index in [0.29, 0.717) is 53.9 Å². The molecule has 7 rings (SSSR count). The van der Waals surface area contributed by atoms with Gasteiger partial charge in [0, 0.05) is 59.3 Å². The Hall–Kier alpha value is -6.19. The zero-order valence-electron chi connectivity index (χ0n) is 32.9. The third kappa shape index (κ3) is 7.47. The van der Waals surface area contributed by atoms with Crippen molar-refractivity contribution in [1.29, 1.82) is 0 Å². The zero-order chi connectivity index (χ0) is 46.9. The number of aromatic nitrogens is 1. The van der Waals surface area contributed by atoms with Gasteiger partial charge in [-0.3, -0.25) is 0 Å². The molecule has 3 heterocycles. The Morgan fingerprint density at radius 2 is 0.828 bits per heavy atom. The van der Waals surface area contributed by atoms with Crippen molar-refractivity contribution in [3.8, 4) is 20.9 Å². The molecule has 0 unspecified atom stereocenters. The second-order valence-electron chi connectivity index (χ2n) is 15.5. The van der Waals surface area contributed by atoms with Crippen molar-refractivity contribution in [2.45, 2.75) is 26.4 Å². The molecule has 0 spiro atoms. The van der Waals surface area contributed by atoms with Crippen LogP contribution in [0.4, 0.5) is 76.3 Å². The van der Waals surface area contributed by atoms with Crippen molar-refractivity contribution in [1.82, 2.24) is 4.90 Å². The number of rotatable bonds is 7. The molecule has 336 valence electrons. The highest BCUT2D eigenvalue weighted by Crippen LogP contribution is 2.36. The van der Waals surface area contributed by atoms with Crippen LogP contribution in [0.25, 0.3) is 20.9 Å². The predicted octanol–water partition coefficient (Wildman–Crippen LogP) is 9.03. The lowest BCUT2D eigenvalue weighted by Crippen LogP contribution is -2.88. The van der Waals surface area contributed by atoms with E-state index in [1.165, 1.54) is 6.07 Å². The number of anilines is 1. The van der Waals surface area contributed by atoms with Crippen molar-refractivity contribution < 1.29 is 79.9 Å². The Labute approximate surface area is 356 Å². The molecule has 0 saturated carbocycles. The fourth-order valence-electron chi connectivity index (χ4n) is 7.67. The van der Waals surface area contributed by atoms with Crippen LogP contribution in [0, 0.1) is 87.3 Å². The van der Waals surface area contributed by atoms with E-state index in [1.807, 2.05) is 17.0 Å². The number of thiophene rings is 1. The molecule has 0 atom stereocenters. The third-order valence-electron chi connectivity index (χ3n) is 10.6. The molecular formula is C42H27BF15N3O2S. The number of amides is 1. The molecule has 0 N–H and O–H groups in total. The molecule has 5 nitrogen and oxygen atoms in total. The van der Waals surface area contributed by atoms with Crippen LogP contribution in [0.5, 0.6) is 0 Å². The second kappa shape index (κ2) is 16.7. The molecule has 0 aliphatic carbocycles. The molecule has 1 aliphatic heterocycles.